The van der Waals surface area contributed by atoms with Crippen molar-refractivity contribution < 1.29 is 10.2 Å². The van der Waals surface area contributed by atoms with Gasteiger partial charge in [0.15, 0.2) is 0 Å². The Kier molecular flexibility index (Phi) is 10.5. The second-order valence-corrected chi connectivity index (χ2v) is 4.30. The molecular formula is C14H26O2. The zero-order valence-electron chi connectivity index (χ0n) is 10.3. The summed E-state index contributed by atoms with van der Waals surface area (Å²) in [6.45, 7) is 7.09. The number of aliphatic hydroxyl groups excluding tert-OH is 2. The predicted octanol–water partition coefficient (Wildman–Crippen LogP) is 3.20. The van der Waals surface area contributed by atoms with Gasteiger partial charge in [-0.15, -0.1) is 13.2 Å². The van der Waals surface area contributed by atoms with Crippen molar-refractivity contribution in [3.63, 3.8) is 0 Å². The van der Waals surface area contributed by atoms with Gasteiger partial charge in [0.05, 0.1) is 12.2 Å². The van der Waals surface area contributed by atoms with E-state index in [0.29, 0.717) is 0 Å². The summed E-state index contributed by atoms with van der Waals surface area (Å²) < 4.78 is 0. The monoisotopic (exact) mass is 226 g/mol. The van der Waals surface area contributed by atoms with E-state index in [1.165, 1.54) is 25.7 Å². The molecule has 0 fully saturated rings. The van der Waals surface area contributed by atoms with Gasteiger partial charge in [-0.2, -0.15) is 0 Å². The van der Waals surface area contributed by atoms with Gasteiger partial charge in [0.1, 0.15) is 0 Å². The molecule has 2 nitrogen and oxygen atoms in total. The molecule has 0 amide bonds. The summed E-state index contributed by atoms with van der Waals surface area (Å²) in [6.07, 6.45) is 11.1. The summed E-state index contributed by atoms with van der Waals surface area (Å²) in [7, 11) is 0. The number of hydrogen-bond acceptors (Lipinski definition) is 2. The number of unbranched alkanes of at least 4 members (excludes halogenated alkanes) is 5. The van der Waals surface area contributed by atoms with Crippen LogP contribution < -0.4 is 0 Å². The molecule has 94 valence electrons. The van der Waals surface area contributed by atoms with Gasteiger partial charge in [-0.25, -0.2) is 0 Å². The quantitative estimate of drug-likeness (QED) is 0.419. The lowest BCUT2D eigenvalue weighted by molar-refractivity contribution is 0.206. The molecule has 16 heavy (non-hydrogen) atoms. The van der Waals surface area contributed by atoms with Gasteiger partial charge in [-0.3, -0.25) is 0 Å². The minimum atomic E-state index is -0.331. The third-order valence-electron chi connectivity index (χ3n) is 2.79. The zero-order chi connectivity index (χ0) is 12.2. The third-order valence-corrected chi connectivity index (χ3v) is 2.79. The molecule has 2 heteroatoms. The van der Waals surface area contributed by atoms with Crippen LogP contribution in [0.5, 0.6) is 0 Å². The molecule has 0 spiro atoms. The smallest absolute Gasteiger partial charge is 0.0718 e. The van der Waals surface area contributed by atoms with Crippen LogP contribution >= 0.6 is 0 Å². The highest BCUT2D eigenvalue weighted by molar-refractivity contribution is 4.78. The van der Waals surface area contributed by atoms with E-state index in [1.807, 2.05) is 0 Å². The van der Waals surface area contributed by atoms with Crippen LogP contribution in [0, 0.1) is 0 Å². The van der Waals surface area contributed by atoms with Gasteiger partial charge in [-0.1, -0.05) is 50.7 Å². The summed E-state index contributed by atoms with van der Waals surface area (Å²) in [6, 6.07) is 0. The number of hydrogen-bond donors (Lipinski definition) is 2. The van der Waals surface area contributed by atoms with Crippen LogP contribution in [-0.2, 0) is 0 Å². The summed E-state index contributed by atoms with van der Waals surface area (Å²) in [5.41, 5.74) is 0. The van der Waals surface area contributed by atoms with Crippen LogP contribution in [0.2, 0.25) is 0 Å². The van der Waals surface area contributed by atoms with E-state index >= 15 is 0 Å². The average Bonchev–Trinajstić information content (AvgIpc) is 2.31. The van der Waals surface area contributed by atoms with Crippen molar-refractivity contribution >= 4 is 0 Å². The van der Waals surface area contributed by atoms with Crippen molar-refractivity contribution in [3.05, 3.63) is 25.3 Å². The maximum absolute atomic E-state index is 9.23. The van der Waals surface area contributed by atoms with E-state index in [4.69, 9.17) is 0 Å². The van der Waals surface area contributed by atoms with Crippen LogP contribution in [-0.4, -0.2) is 22.4 Å². The van der Waals surface area contributed by atoms with E-state index in [1.54, 1.807) is 12.2 Å². The largest absolute Gasteiger partial charge is 0.389 e. The Morgan fingerprint density at radius 3 is 1.31 bits per heavy atom. The molecule has 0 radical (unpaired) electrons. The summed E-state index contributed by atoms with van der Waals surface area (Å²) in [4.78, 5) is 0. The van der Waals surface area contributed by atoms with Crippen LogP contribution in [0.3, 0.4) is 0 Å². The highest BCUT2D eigenvalue weighted by Gasteiger charge is 1.99. The van der Waals surface area contributed by atoms with Crippen molar-refractivity contribution in [2.45, 2.75) is 63.6 Å². The standard InChI is InChI=1S/C14H26O2/c1-3-13(15)11-9-7-5-6-8-10-12-14(16)4-2/h3-4,13-16H,1-2,5-12H2. The molecule has 0 saturated heterocycles. The van der Waals surface area contributed by atoms with Gasteiger partial charge < -0.3 is 10.2 Å². The lowest BCUT2D eigenvalue weighted by Gasteiger charge is -2.06. The summed E-state index contributed by atoms with van der Waals surface area (Å²) in [5.74, 6) is 0. The normalized spacial score (nSPS) is 14.4. The molecule has 0 aromatic heterocycles. The molecule has 2 N–H and O–H groups in total. The zero-order valence-corrected chi connectivity index (χ0v) is 10.3. The molecule has 0 saturated carbocycles. The second-order valence-electron chi connectivity index (χ2n) is 4.30. The Morgan fingerprint density at radius 2 is 1.00 bits per heavy atom. The lowest BCUT2D eigenvalue weighted by Crippen LogP contribution is -2.01. The topological polar surface area (TPSA) is 40.5 Å². The Morgan fingerprint density at radius 1 is 0.688 bits per heavy atom. The molecule has 0 rings (SSSR count). The minimum absolute atomic E-state index is 0.331. The van der Waals surface area contributed by atoms with Crippen molar-refractivity contribution in [2.75, 3.05) is 0 Å². The molecular weight excluding hydrogens is 200 g/mol. The number of aliphatic hydroxyl groups is 2. The SMILES string of the molecule is C=CC(O)CCCCCCCCC(O)C=C. The van der Waals surface area contributed by atoms with Crippen LogP contribution in [0.15, 0.2) is 25.3 Å². The third kappa shape index (κ3) is 9.94. The first-order valence-electron chi connectivity index (χ1n) is 6.32. The second kappa shape index (κ2) is 10.9. The molecule has 0 aliphatic rings. The van der Waals surface area contributed by atoms with Crippen molar-refractivity contribution in [1.82, 2.24) is 0 Å². The molecule has 0 bridgehead atoms. The molecule has 2 unspecified atom stereocenters. The molecule has 0 aliphatic carbocycles. The number of rotatable bonds is 11. The average molecular weight is 226 g/mol. The van der Waals surface area contributed by atoms with E-state index in [9.17, 15) is 10.2 Å². The summed E-state index contributed by atoms with van der Waals surface area (Å²) >= 11 is 0. The van der Waals surface area contributed by atoms with Gasteiger partial charge in [-0.05, 0) is 12.8 Å². The molecule has 2 atom stereocenters. The first-order chi connectivity index (χ1) is 7.70. The predicted molar refractivity (Wildman–Crippen MR) is 69.3 cm³/mol. The van der Waals surface area contributed by atoms with Crippen LogP contribution in [0.1, 0.15) is 51.4 Å². The first-order valence-corrected chi connectivity index (χ1v) is 6.32. The van der Waals surface area contributed by atoms with Crippen LogP contribution in [0.25, 0.3) is 0 Å². The Labute approximate surface area is 99.7 Å². The highest BCUT2D eigenvalue weighted by Crippen LogP contribution is 2.11. The van der Waals surface area contributed by atoms with E-state index in [0.717, 1.165) is 25.7 Å². The molecule has 0 aliphatic heterocycles. The Hall–Kier alpha value is -0.600. The maximum atomic E-state index is 9.23. The Balaban J connectivity index is 3.09. The fourth-order valence-electron chi connectivity index (χ4n) is 1.65. The Bertz CT molecular complexity index is 158. The van der Waals surface area contributed by atoms with Gasteiger partial charge in [0.2, 0.25) is 0 Å². The molecule has 0 aromatic carbocycles. The minimum Gasteiger partial charge on any atom is -0.389 e. The van der Waals surface area contributed by atoms with Crippen LogP contribution in [0.4, 0.5) is 0 Å². The van der Waals surface area contributed by atoms with Gasteiger partial charge >= 0.3 is 0 Å². The van der Waals surface area contributed by atoms with E-state index in [-0.39, 0.29) is 12.2 Å². The lowest BCUT2D eigenvalue weighted by atomic mass is 10.0. The van der Waals surface area contributed by atoms with Gasteiger partial charge in [0, 0.05) is 0 Å². The van der Waals surface area contributed by atoms with E-state index in [2.05, 4.69) is 13.2 Å². The van der Waals surface area contributed by atoms with Crippen molar-refractivity contribution in [1.29, 1.82) is 0 Å². The van der Waals surface area contributed by atoms with Crippen molar-refractivity contribution in [2.24, 2.45) is 0 Å². The highest BCUT2D eigenvalue weighted by atomic mass is 16.3. The van der Waals surface area contributed by atoms with E-state index < -0.39 is 0 Å². The van der Waals surface area contributed by atoms with Gasteiger partial charge in [0.25, 0.3) is 0 Å². The fraction of sp³-hybridized carbons (Fsp3) is 0.714. The first kappa shape index (κ1) is 15.4. The maximum Gasteiger partial charge on any atom is 0.0718 e. The summed E-state index contributed by atoms with van der Waals surface area (Å²) in [5, 5.41) is 18.5. The molecule has 0 heterocycles. The fourth-order valence-corrected chi connectivity index (χ4v) is 1.65. The molecule has 0 aromatic rings. The van der Waals surface area contributed by atoms with Crippen molar-refractivity contribution in [3.8, 4) is 0 Å².